The maximum Gasteiger partial charge on any atom is 0.254 e. The maximum atomic E-state index is 12.6. The third-order valence-corrected chi connectivity index (χ3v) is 4.27. The van der Waals surface area contributed by atoms with Crippen molar-refractivity contribution >= 4 is 23.3 Å². The fourth-order valence-electron chi connectivity index (χ4n) is 2.90. The van der Waals surface area contributed by atoms with Gasteiger partial charge in [-0.25, -0.2) is 4.98 Å². The first kappa shape index (κ1) is 16.0. The van der Waals surface area contributed by atoms with Crippen LogP contribution < -0.4 is 5.32 Å². The second kappa shape index (κ2) is 7.09. The van der Waals surface area contributed by atoms with Gasteiger partial charge in [0, 0.05) is 31.7 Å². The van der Waals surface area contributed by atoms with Crippen LogP contribution in [-0.4, -0.2) is 60.0 Å². The fourth-order valence-corrected chi connectivity index (χ4v) is 3.10. The minimum Gasteiger partial charge on any atom is -0.373 e. The van der Waals surface area contributed by atoms with Gasteiger partial charge in [-0.15, -0.1) is 0 Å². The summed E-state index contributed by atoms with van der Waals surface area (Å²) in [5.41, 5.74) is 0.597. The Morgan fingerprint density at radius 1 is 1.48 bits per heavy atom. The number of nitrogens with one attached hydrogen (secondary N) is 1. The van der Waals surface area contributed by atoms with E-state index in [1.54, 1.807) is 19.2 Å². The lowest BCUT2D eigenvalue weighted by molar-refractivity contribution is 0.0778. The number of rotatable bonds is 5. The predicted octanol–water partition coefficient (Wildman–Crippen LogP) is 2.33. The SMILES string of the molecule is CCN(CC)C1CCN(C(=O)c2cc(Cl)nc(NC)c2)C1. The number of amides is 1. The molecule has 0 radical (unpaired) electrons. The Morgan fingerprint density at radius 3 is 2.81 bits per heavy atom. The molecule has 0 aromatic carbocycles. The van der Waals surface area contributed by atoms with Crippen molar-refractivity contribution in [3.63, 3.8) is 0 Å². The molecule has 0 bridgehead atoms. The van der Waals surface area contributed by atoms with Gasteiger partial charge in [0.15, 0.2) is 0 Å². The summed E-state index contributed by atoms with van der Waals surface area (Å²) in [6.45, 7) is 7.96. The molecule has 1 N–H and O–H groups in total. The summed E-state index contributed by atoms with van der Waals surface area (Å²) in [7, 11) is 1.76. The van der Waals surface area contributed by atoms with Gasteiger partial charge in [-0.05, 0) is 31.6 Å². The number of carbonyl (C=O) groups is 1. The fraction of sp³-hybridized carbons (Fsp3) is 0.600. The number of halogens is 1. The lowest BCUT2D eigenvalue weighted by Gasteiger charge is -2.26. The Balaban J connectivity index is 2.09. The highest BCUT2D eigenvalue weighted by molar-refractivity contribution is 6.29. The monoisotopic (exact) mass is 310 g/mol. The molecule has 116 valence electrons. The number of likely N-dealkylation sites (tertiary alicyclic amines) is 1. The Labute approximate surface area is 131 Å². The molecule has 1 aromatic rings. The Morgan fingerprint density at radius 2 is 2.19 bits per heavy atom. The first-order valence-corrected chi connectivity index (χ1v) is 7.85. The molecule has 1 aliphatic heterocycles. The van der Waals surface area contributed by atoms with Crippen LogP contribution in [0, 0.1) is 0 Å². The first-order chi connectivity index (χ1) is 10.1. The van der Waals surface area contributed by atoms with Gasteiger partial charge in [-0.1, -0.05) is 25.4 Å². The average molecular weight is 311 g/mol. The van der Waals surface area contributed by atoms with E-state index in [0.29, 0.717) is 22.6 Å². The van der Waals surface area contributed by atoms with E-state index < -0.39 is 0 Å². The number of carbonyl (C=O) groups excluding carboxylic acids is 1. The average Bonchev–Trinajstić information content (AvgIpc) is 2.96. The number of likely N-dealkylation sites (N-methyl/N-ethyl adjacent to an activating group) is 1. The van der Waals surface area contributed by atoms with Crippen molar-refractivity contribution in [1.29, 1.82) is 0 Å². The molecule has 5 nitrogen and oxygen atoms in total. The maximum absolute atomic E-state index is 12.6. The van der Waals surface area contributed by atoms with Gasteiger partial charge in [0.25, 0.3) is 5.91 Å². The van der Waals surface area contributed by atoms with Crippen LogP contribution in [0.15, 0.2) is 12.1 Å². The van der Waals surface area contributed by atoms with Gasteiger partial charge in [0.05, 0.1) is 0 Å². The third-order valence-electron chi connectivity index (χ3n) is 4.08. The quantitative estimate of drug-likeness (QED) is 0.848. The summed E-state index contributed by atoms with van der Waals surface area (Å²) in [4.78, 5) is 21.0. The van der Waals surface area contributed by atoms with E-state index in [4.69, 9.17) is 11.6 Å². The summed E-state index contributed by atoms with van der Waals surface area (Å²) in [5, 5.41) is 3.26. The van der Waals surface area contributed by atoms with E-state index in [0.717, 1.165) is 32.6 Å². The van der Waals surface area contributed by atoms with Crippen molar-refractivity contribution in [2.75, 3.05) is 38.5 Å². The highest BCUT2D eigenvalue weighted by Gasteiger charge is 2.29. The number of hydrogen-bond acceptors (Lipinski definition) is 4. The Hall–Kier alpha value is -1.33. The summed E-state index contributed by atoms with van der Waals surface area (Å²) in [6, 6.07) is 3.85. The van der Waals surface area contributed by atoms with Crippen LogP contribution in [0.25, 0.3) is 0 Å². The van der Waals surface area contributed by atoms with Gasteiger partial charge < -0.3 is 10.2 Å². The molecule has 2 rings (SSSR count). The van der Waals surface area contributed by atoms with E-state index in [2.05, 4.69) is 29.0 Å². The van der Waals surface area contributed by atoms with E-state index in [9.17, 15) is 4.79 Å². The van der Waals surface area contributed by atoms with E-state index in [-0.39, 0.29) is 5.91 Å². The molecule has 1 saturated heterocycles. The zero-order valence-corrected chi connectivity index (χ0v) is 13.7. The molecule has 2 heterocycles. The third kappa shape index (κ3) is 3.66. The summed E-state index contributed by atoms with van der Waals surface area (Å²) in [6.07, 6.45) is 1.03. The molecule has 1 aromatic heterocycles. The smallest absolute Gasteiger partial charge is 0.254 e. The molecule has 0 spiro atoms. The molecule has 1 fully saturated rings. The van der Waals surface area contributed by atoms with Crippen molar-refractivity contribution in [1.82, 2.24) is 14.8 Å². The Kier molecular flexibility index (Phi) is 5.42. The second-order valence-corrected chi connectivity index (χ2v) is 5.62. The van der Waals surface area contributed by atoms with Gasteiger partial charge in [-0.3, -0.25) is 9.69 Å². The minimum absolute atomic E-state index is 0.0328. The lowest BCUT2D eigenvalue weighted by Crippen LogP contribution is -2.38. The van der Waals surface area contributed by atoms with Crippen molar-refractivity contribution < 1.29 is 4.79 Å². The predicted molar refractivity (Wildman–Crippen MR) is 86.0 cm³/mol. The van der Waals surface area contributed by atoms with E-state index in [1.807, 2.05) is 4.90 Å². The highest BCUT2D eigenvalue weighted by Crippen LogP contribution is 2.20. The van der Waals surface area contributed by atoms with Crippen LogP contribution in [0.1, 0.15) is 30.6 Å². The number of nitrogens with zero attached hydrogens (tertiary/aromatic N) is 3. The standard InChI is InChI=1S/C15H23ClN4O/c1-4-19(5-2)12-6-7-20(10-12)15(21)11-8-13(16)18-14(9-11)17-3/h8-9,12H,4-7,10H2,1-3H3,(H,17,18). The van der Waals surface area contributed by atoms with Crippen LogP contribution in [0.2, 0.25) is 5.15 Å². The summed E-state index contributed by atoms with van der Waals surface area (Å²) >= 11 is 5.97. The molecule has 0 aliphatic carbocycles. The molecule has 1 amide bonds. The summed E-state index contributed by atoms with van der Waals surface area (Å²) in [5.74, 6) is 0.649. The van der Waals surface area contributed by atoms with Gasteiger partial charge in [-0.2, -0.15) is 0 Å². The van der Waals surface area contributed by atoms with Crippen LogP contribution in [0.5, 0.6) is 0 Å². The number of aromatic nitrogens is 1. The zero-order valence-electron chi connectivity index (χ0n) is 12.9. The van der Waals surface area contributed by atoms with Crippen molar-refractivity contribution in [2.24, 2.45) is 0 Å². The van der Waals surface area contributed by atoms with Gasteiger partial charge >= 0.3 is 0 Å². The van der Waals surface area contributed by atoms with Crippen LogP contribution in [0.3, 0.4) is 0 Å². The van der Waals surface area contributed by atoms with Crippen LogP contribution in [0.4, 0.5) is 5.82 Å². The highest BCUT2D eigenvalue weighted by atomic mass is 35.5. The molecular formula is C15H23ClN4O. The molecule has 6 heteroatoms. The zero-order chi connectivity index (χ0) is 15.4. The largest absolute Gasteiger partial charge is 0.373 e. The molecule has 21 heavy (non-hydrogen) atoms. The molecule has 1 atom stereocenters. The number of hydrogen-bond donors (Lipinski definition) is 1. The summed E-state index contributed by atoms with van der Waals surface area (Å²) < 4.78 is 0. The Bertz CT molecular complexity index is 504. The minimum atomic E-state index is 0.0328. The number of anilines is 1. The molecule has 0 saturated carbocycles. The van der Waals surface area contributed by atoms with Crippen molar-refractivity contribution in [3.05, 3.63) is 22.8 Å². The van der Waals surface area contributed by atoms with Crippen LogP contribution in [-0.2, 0) is 0 Å². The topological polar surface area (TPSA) is 48.5 Å². The van der Waals surface area contributed by atoms with E-state index in [1.165, 1.54) is 0 Å². The second-order valence-electron chi connectivity index (χ2n) is 5.23. The first-order valence-electron chi connectivity index (χ1n) is 7.47. The van der Waals surface area contributed by atoms with E-state index >= 15 is 0 Å². The van der Waals surface area contributed by atoms with Crippen molar-refractivity contribution in [3.8, 4) is 0 Å². The van der Waals surface area contributed by atoms with Gasteiger partial charge in [0.2, 0.25) is 0 Å². The molecule has 1 unspecified atom stereocenters. The lowest BCUT2D eigenvalue weighted by atomic mass is 10.2. The molecular weight excluding hydrogens is 288 g/mol. The van der Waals surface area contributed by atoms with Gasteiger partial charge in [0.1, 0.15) is 11.0 Å². The number of pyridine rings is 1. The van der Waals surface area contributed by atoms with Crippen LogP contribution >= 0.6 is 11.6 Å². The van der Waals surface area contributed by atoms with Crippen molar-refractivity contribution in [2.45, 2.75) is 26.3 Å². The normalized spacial score (nSPS) is 18.3. The molecule has 1 aliphatic rings.